The second kappa shape index (κ2) is 6.40. The van der Waals surface area contributed by atoms with Crippen LogP contribution in [0.25, 0.3) is 0 Å². The van der Waals surface area contributed by atoms with Crippen molar-refractivity contribution in [3.8, 4) is 0 Å². The molecule has 0 bridgehead atoms. The highest BCUT2D eigenvalue weighted by molar-refractivity contribution is 5.77. The fourth-order valence-corrected chi connectivity index (χ4v) is 1.74. The Balaban J connectivity index is 2.09. The van der Waals surface area contributed by atoms with Crippen LogP contribution in [-0.4, -0.2) is 36.6 Å². The van der Waals surface area contributed by atoms with Gasteiger partial charge in [-0.1, -0.05) is 0 Å². The van der Waals surface area contributed by atoms with Crippen molar-refractivity contribution in [3.05, 3.63) is 0 Å². The Morgan fingerprint density at radius 2 is 2.27 bits per heavy atom. The highest BCUT2D eigenvalue weighted by Crippen LogP contribution is 2.13. The highest BCUT2D eigenvalue weighted by Gasteiger charge is 2.16. The third-order valence-corrected chi connectivity index (χ3v) is 2.53. The molecular weight excluding hydrogens is 196 g/mol. The topological polar surface area (TPSA) is 78.4 Å². The van der Waals surface area contributed by atoms with Gasteiger partial charge in [-0.05, 0) is 31.8 Å². The second-order valence-electron chi connectivity index (χ2n) is 3.91. The van der Waals surface area contributed by atoms with Gasteiger partial charge in [-0.15, -0.1) is 0 Å². The molecule has 1 atom stereocenters. The van der Waals surface area contributed by atoms with Gasteiger partial charge in [-0.25, -0.2) is 0 Å². The minimum Gasteiger partial charge on any atom is -0.481 e. The normalized spacial score (nSPS) is 20.9. The molecule has 1 unspecified atom stereocenters. The first-order valence-electron chi connectivity index (χ1n) is 5.37. The Morgan fingerprint density at radius 3 is 2.87 bits per heavy atom. The number of carbonyl (C=O) groups excluding carboxylic acids is 1. The number of carbonyl (C=O) groups is 2. The van der Waals surface area contributed by atoms with Gasteiger partial charge >= 0.3 is 5.97 Å². The quantitative estimate of drug-likeness (QED) is 0.600. The summed E-state index contributed by atoms with van der Waals surface area (Å²) in [6.07, 6.45) is 2.70. The molecule has 0 aromatic rings. The first-order chi connectivity index (χ1) is 7.18. The Kier molecular flexibility index (Phi) is 5.10. The lowest BCUT2D eigenvalue weighted by Crippen LogP contribution is -2.34. The molecule has 5 heteroatoms. The molecular formula is C10H18N2O3. The van der Waals surface area contributed by atoms with E-state index in [1.807, 2.05) is 0 Å². The summed E-state index contributed by atoms with van der Waals surface area (Å²) >= 11 is 0. The SMILES string of the molecule is O=C(O)CCNC(=O)CC1CCCNC1. The van der Waals surface area contributed by atoms with Crippen LogP contribution < -0.4 is 10.6 Å². The number of carboxylic acid groups (broad SMARTS) is 1. The summed E-state index contributed by atoms with van der Waals surface area (Å²) in [6, 6.07) is 0. The number of carboxylic acids is 1. The zero-order valence-electron chi connectivity index (χ0n) is 8.79. The highest BCUT2D eigenvalue weighted by atomic mass is 16.4. The molecule has 1 amide bonds. The van der Waals surface area contributed by atoms with Gasteiger partial charge in [-0.2, -0.15) is 0 Å². The lowest BCUT2D eigenvalue weighted by molar-refractivity contribution is -0.136. The van der Waals surface area contributed by atoms with E-state index in [9.17, 15) is 9.59 Å². The minimum atomic E-state index is -0.880. The van der Waals surface area contributed by atoms with Gasteiger partial charge in [0.05, 0.1) is 6.42 Å². The molecule has 1 fully saturated rings. The van der Waals surface area contributed by atoms with Gasteiger partial charge in [0.1, 0.15) is 0 Å². The number of hydrogen-bond donors (Lipinski definition) is 3. The van der Waals surface area contributed by atoms with Crippen LogP contribution in [0.5, 0.6) is 0 Å². The molecule has 3 N–H and O–H groups in total. The molecule has 0 radical (unpaired) electrons. The molecule has 0 spiro atoms. The Labute approximate surface area is 89.2 Å². The molecule has 1 heterocycles. The van der Waals surface area contributed by atoms with E-state index < -0.39 is 5.97 Å². The van der Waals surface area contributed by atoms with Crippen molar-refractivity contribution in [2.24, 2.45) is 5.92 Å². The van der Waals surface area contributed by atoms with E-state index in [0.717, 1.165) is 25.9 Å². The summed E-state index contributed by atoms with van der Waals surface area (Å²) in [4.78, 5) is 21.6. The van der Waals surface area contributed by atoms with E-state index in [4.69, 9.17) is 5.11 Å². The standard InChI is InChI=1S/C10H18N2O3/c13-9(12-5-3-10(14)15)6-8-2-1-4-11-7-8/h8,11H,1-7H2,(H,12,13)(H,14,15). The van der Waals surface area contributed by atoms with E-state index in [1.165, 1.54) is 0 Å². The van der Waals surface area contributed by atoms with Crippen molar-refractivity contribution < 1.29 is 14.7 Å². The zero-order chi connectivity index (χ0) is 11.1. The summed E-state index contributed by atoms with van der Waals surface area (Å²) < 4.78 is 0. The molecule has 0 aromatic heterocycles. The maximum Gasteiger partial charge on any atom is 0.305 e. The Hall–Kier alpha value is -1.10. The van der Waals surface area contributed by atoms with Crippen LogP contribution in [-0.2, 0) is 9.59 Å². The van der Waals surface area contributed by atoms with E-state index in [0.29, 0.717) is 12.3 Å². The van der Waals surface area contributed by atoms with Crippen LogP contribution in [0, 0.1) is 5.92 Å². The molecule has 0 saturated carbocycles. The molecule has 15 heavy (non-hydrogen) atoms. The molecule has 5 nitrogen and oxygen atoms in total. The minimum absolute atomic E-state index is 0.00530. The number of hydrogen-bond acceptors (Lipinski definition) is 3. The van der Waals surface area contributed by atoms with Crippen LogP contribution in [0.4, 0.5) is 0 Å². The summed E-state index contributed by atoms with van der Waals surface area (Å²) in [5.74, 6) is -0.511. The van der Waals surface area contributed by atoms with Gasteiger partial charge in [0.15, 0.2) is 0 Å². The number of amides is 1. The van der Waals surface area contributed by atoms with Gasteiger partial charge < -0.3 is 15.7 Å². The Bertz CT molecular complexity index is 225. The number of nitrogens with one attached hydrogen (secondary N) is 2. The van der Waals surface area contributed by atoms with Crippen molar-refractivity contribution in [3.63, 3.8) is 0 Å². The molecule has 0 aliphatic carbocycles. The van der Waals surface area contributed by atoms with Crippen LogP contribution in [0.1, 0.15) is 25.7 Å². The lowest BCUT2D eigenvalue weighted by Gasteiger charge is -2.21. The van der Waals surface area contributed by atoms with Crippen molar-refractivity contribution in [1.82, 2.24) is 10.6 Å². The van der Waals surface area contributed by atoms with Gasteiger partial charge in [0, 0.05) is 13.0 Å². The second-order valence-corrected chi connectivity index (χ2v) is 3.91. The van der Waals surface area contributed by atoms with Crippen molar-refractivity contribution in [2.45, 2.75) is 25.7 Å². The average Bonchev–Trinajstić information content (AvgIpc) is 2.18. The molecule has 1 saturated heterocycles. The Morgan fingerprint density at radius 1 is 1.47 bits per heavy atom. The van der Waals surface area contributed by atoms with Crippen molar-refractivity contribution in [2.75, 3.05) is 19.6 Å². The third-order valence-electron chi connectivity index (χ3n) is 2.53. The molecule has 1 rings (SSSR count). The van der Waals surface area contributed by atoms with Crippen LogP contribution >= 0.6 is 0 Å². The fraction of sp³-hybridized carbons (Fsp3) is 0.800. The number of piperidine rings is 1. The number of rotatable bonds is 5. The predicted molar refractivity (Wildman–Crippen MR) is 55.5 cm³/mol. The number of aliphatic carboxylic acids is 1. The largest absolute Gasteiger partial charge is 0.481 e. The predicted octanol–water partition coefficient (Wildman–Crippen LogP) is -0.0330. The fourth-order valence-electron chi connectivity index (χ4n) is 1.74. The summed E-state index contributed by atoms with van der Waals surface area (Å²) in [5.41, 5.74) is 0. The summed E-state index contributed by atoms with van der Waals surface area (Å²) in [6.45, 7) is 2.16. The van der Waals surface area contributed by atoms with Gasteiger partial charge in [-0.3, -0.25) is 9.59 Å². The molecule has 0 aromatic carbocycles. The first-order valence-corrected chi connectivity index (χ1v) is 5.37. The maximum atomic E-state index is 11.4. The van der Waals surface area contributed by atoms with Crippen LogP contribution in [0.3, 0.4) is 0 Å². The lowest BCUT2D eigenvalue weighted by atomic mass is 9.96. The van der Waals surface area contributed by atoms with E-state index in [2.05, 4.69) is 10.6 Å². The van der Waals surface area contributed by atoms with Crippen molar-refractivity contribution in [1.29, 1.82) is 0 Å². The van der Waals surface area contributed by atoms with E-state index in [-0.39, 0.29) is 18.9 Å². The third kappa shape index (κ3) is 5.37. The van der Waals surface area contributed by atoms with Crippen LogP contribution in [0.15, 0.2) is 0 Å². The van der Waals surface area contributed by atoms with E-state index in [1.54, 1.807) is 0 Å². The van der Waals surface area contributed by atoms with Crippen LogP contribution in [0.2, 0.25) is 0 Å². The first kappa shape index (κ1) is 12.0. The molecule has 1 aliphatic rings. The van der Waals surface area contributed by atoms with Gasteiger partial charge in [0.25, 0.3) is 0 Å². The average molecular weight is 214 g/mol. The summed E-state index contributed by atoms with van der Waals surface area (Å²) in [7, 11) is 0. The van der Waals surface area contributed by atoms with Gasteiger partial charge in [0.2, 0.25) is 5.91 Å². The molecule has 86 valence electrons. The zero-order valence-corrected chi connectivity index (χ0v) is 8.79. The van der Waals surface area contributed by atoms with E-state index >= 15 is 0 Å². The van der Waals surface area contributed by atoms with Crippen molar-refractivity contribution >= 4 is 11.9 Å². The monoisotopic (exact) mass is 214 g/mol. The summed E-state index contributed by atoms with van der Waals surface area (Å²) in [5, 5.41) is 14.2. The maximum absolute atomic E-state index is 11.4. The smallest absolute Gasteiger partial charge is 0.305 e. The molecule has 1 aliphatic heterocycles.